The second kappa shape index (κ2) is 5.11. The number of rotatable bonds is 5. The molecule has 1 aromatic rings. The minimum atomic E-state index is -0.559. The molecule has 18 heavy (non-hydrogen) atoms. The maximum atomic E-state index is 12.0. The molecule has 0 unspecified atom stereocenters. The van der Waals surface area contributed by atoms with Crippen LogP contribution in [0.25, 0.3) is 0 Å². The minimum Gasteiger partial charge on any atom is -0.340 e. The average Bonchev–Trinajstić information content (AvgIpc) is 3.10. The topological polar surface area (TPSA) is 46.3 Å². The summed E-state index contributed by atoms with van der Waals surface area (Å²) in [7, 11) is 1.83. The Bertz CT molecular complexity index is 421. The van der Waals surface area contributed by atoms with Crippen molar-refractivity contribution in [2.45, 2.75) is 44.7 Å². The number of hydrogen-bond donors (Lipinski definition) is 1. The standard InChI is InChI=1S/C15H22N2O/c1-3-4-12-5-7-13(8-6-12)11-17(2)14(18)15(16)9-10-15/h5-8H,3-4,9-11,16H2,1-2H3. The van der Waals surface area contributed by atoms with Gasteiger partial charge in [-0.15, -0.1) is 0 Å². The molecular formula is C15H22N2O. The van der Waals surface area contributed by atoms with Crippen molar-refractivity contribution in [3.05, 3.63) is 35.4 Å². The predicted molar refractivity (Wildman–Crippen MR) is 73.1 cm³/mol. The van der Waals surface area contributed by atoms with Crippen LogP contribution in [-0.4, -0.2) is 23.4 Å². The molecule has 3 heteroatoms. The second-order valence-electron chi connectivity index (χ2n) is 5.38. The Kier molecular flexibility index (Phi) is 3.71. The number of carbonyl (C=O) groups excluding carboxylic acids is 1. The number of nitrogens with zero attached hydrogens (tertiary/aromatic N) is 1. The van der Waals surface area contributed by atoms with E-state index in [1.165, 1.54) is 5.56 Å². The molecule has 98 valence electrons. The van der Waals surface area contributed by atoms with E-state index in [0.717, 1.165) is 31.2 Å². The van der Waals surface area contributed by atoms with E-state index in [0.29, 0.717) is 6.54 Å². The average molecular weight is 246 g/mol. The van der Waals surface area contributed by atoms with Crippen molar-refractivity contribution in [2.75, 3.05) is 7.05 Å². The lowest BCUT2D eigenvalue weighted by Gasteiger charge is -2.21. The van der Waals surface area contributed by atoms with Crippen LogP contribution in [0.15, 0.2) is 24.3 Å². The lowest BCUT2D eigenvalue weighted by molar-refractivity contribution is -0.132. The quantitative estimate of drug-likeness (QED) is 0.864. The molecule has 3 nitrogen and oxygen atoms in total. The largest absolute Gasteiger partial charge is 0.340 e. The molecular weight excluding hydrogens is 224 g/mol. The first kappa shape index (κ1) is 13.1. The number of carbonyl (C=O) groups is 1. The van der Waals surface area contributed by atoms with Gasteiger partial charge in [0.25, 0.3) is 0 Å². The van der Waals surface area contributed by atoms with Gasteiger partial charge >= 0.3 is 0 Å². The fraction of sp³-hybridized carbons (Fsp3) is 0.533. The number of nitrogens with two attached hydrogens (primary N) is 1. The summed E-state index contributed by atoms with van der Waals surface area (Å²) < 4.78 is 0. The summed E-state index contributed by atoms with van der Waals surface area (Å²) >= 11 is 0. The van der Waals surface area contributed by atoms with Crippen LogP contribution in [0.1, 0.15) is 37.3 Å². The van der Waals surface area contributed by atoms with E-state index in [1.54, 1.807) is 4.90 Å². The van der Waals surface area contributed by atoms with Crippen LogP contribution >= 0.6 is 0 Å². The molecule has 0 aliphatic heterocycles. The SMILES string of the molecule is CCCc1ccc(CN(C)C(=O)C2(N)CC2)cc1. The predicted octanol–water partition coefficient (Wildman–Crippen LogP) is 2.09. The first-order valence-corrected chi connectivity index (χ1v) is 6.67. The third-order valence-electron chi connectivity index (χ3n) is 3.54. The summed E-state index contributed by atoms with van der Waals surface area (Å²) in [6, 6.07) is 8.49. The number of aryl methyl sites for hydroxylation is 1. The van der Waals surface area contributed by atoms with Gasteiger partial charge in [0.15, 0.2) is 0 Å². The summed E-state index contributed by atoms with van der Waals surface area (Å²) in [5.74, 6) is 0.0696. The highest BCUT2D eigenvalue weighted by atomic mass is 16.2. The zero-order valence-corrected chi connectivity index (χ0v) is 11.3. The summed E-state index contributed by atoms with van der Waals surface area (Å²) in [4.78, 5) is 13.7. The number of benzene rings is 1. The number of hydrogen-bond acceptors (Lipinski definition) is 2. The highest BCUT2D eigenvalue weighted by Gasteiger charge is 2.47. The molecule has 0 atom stereocenters. The smallest absolute Gasteiger partial charge is 0.242 e. The monoisotopic (exact) mass is 246 g/mol. The normalized spacial score (nSPS) is 16.4. The third kappa shape index (κ3) is 2.91. The lowest BCUT2D eigenvalue weighted by Crippen LogP contribution is -2.43. The Balaban J connectivity index is 1.94. The Morgan fingerprint density at radius 3 is 2.33 bits per heavy atom. The number of amides is 1. The Hall–Kier alpha value is -1.35. The highest BCUT2D eigenvalue weighted by molar-refractivity contribution is 5.88. The Morgan fingerprint density at radius 1 is 1.28 bits per heavy atom. The van der Waals surface area contributed by atoms with E-state index in [1.807, 2.05) is 7.05 Å². The lowest BCUT2D eigenvalue weighted by atomic mass is 10.1. The molecule has 0 spiro atoms. The minimum absolute atomic E-state index is 0.0696. The zero-order valence-electron chi connectivity index (χ0n) is 11.3. The molecule has 2 N–H and O–H groups in total. The first-order valence-electron chi connectivity index (χ1n) is 6.67. The molecule has 0 radical (unpaired) electrons. The molecule has 1 aromatic carbocycles. The van der Waals surface area contributed by atoms with Gasteiger partial charge in [-0.2, -0.15) is 0 Å². The molecule has 0 bridgehead atoms. The van der Waals surface area contributed by atoms with E-state index >= 15 is 0 Å². The van der Waals surface area contributed by atoms with Crippen LogP contribution in [-0.2, 0) is 17.8 Å². The highest BCUT2D eigenvalue weighted by Crippen LogP contribution is 2.34. The fourth-order valence-electron chi connectivity index (χ4n) is 2.17. The zero-order chi connectivity index (χ0) is 13.2. The molecule has 1 amide bonds. The molecule has 2 rings (SSSR count). The van der Waals surface area contributed by atoms with Crippen molar-refractivity contribution < 1.29 is 4.79 Å². The Labute approximate surface area is 109 Å². The number of likely N-dealkylation sites (N-methyl/N-ethyl adjacent to an activating group) is 1. The van der Waals surface area contributed by atoms with Crippen molar-refractivity contribution in [2.24, 2.45) is 5.73 Å². The van der Waals surface area contributed by atoms with E-state index in [2.05, 4.69) is 31.2 Å². The summed E-state index contributed by atoms with van der Waals surface area (Å²) in [6.07, 6.45) is 3.92. The van der Waals surface area contributed by atoms with Gasteiger partial charge in [-0.1, -0.05) is 37.6 Å². The molecule has 0 saturated heterocycles. The molecule has 0 heterocycles. The van der Waals surface area contributed by atoms with Gasteiger partial charge in [-0.25, -0.2) is 0 Å². The van der Waals surface area contributed by atoms with E-state index < -0.39 is 5.54 Å². The van der Waals surface area contributed by atoms with Crippen molar-refractivity contribution in [1.82, 2.24) is 4.90 Å². The van der Waals surface area contributed by atoms with Gasteiger partial charge in [0.1, 0.15) is 0 Å². The van der Waals surface area contributed by atoms with Gasteiger partial charge < -0.3 is 10.6 Å². The Morgan fingerprint density at radius 2 is 1.83 bits per heavy atom. The van der Waals surface area contributed by atoms with E-state index in [9.17, 15) is 4.79 Å². The van der Waals surface area contributed by atoms with Crippen molar-refractivity contribution >= 4 is 5.91 Å². The van der Waals surface area contributed by atoms with E-state index in [4.69, 9.17) is 5.73 Å². The van der Waals surface area contributed by atoms with Gasteiger partial charge in [-0.05, 0) is 30.4 Å². The van der Waals surface area contributed by atoms with Crippen LogP contribution in [0.3, 0.4) is 0 Å². The van der Waals surface area contributed by atoms with Crippen LogP contribution in [0.4, 0.5) is 0 Å². The van der Waals surface area contributed by atoms with Gasteiger partial charge in [0.05, 0.1) is 5.54 Å². The van der Waals surface area contributed by atoms with Gasteiger partial charge in [-0.3, -0.25) is 4.79 Å². The maximum absolute atomic E-state index is 12.0. The first-order chi connectivity index (χ1) is 8.55. The summed E-state index contributed by atoms with van der Waals surface area (Å²) in [5, 5.41) is 0. The van der Waals surface area contributed by atoms with Gasteiger partial charge in [0.2, 0.25) is 5.91 Å². The van der Waals surface area contributed by atoms with Crippen LogP contribution in [0, 0.1) is 0 Å². The van der Waals surface area contributed by atoms with Crippen LogP contribution < -0.4 is 5.73 Å². The van der Waals surface area contributed by atoms with Crippen molar-refractivity contribution in [3.63, 3.8) is 0 Å². The molecule has 1 aliphatic rings. The van der Waals surface area contributed by atoms with Crippen molar-refractivity contribution in [3.8, 4) is 0 Å². The van der Waals surface area contributed by atoms with Gasteiger partial charge in [0, 0.05) is 13.6 Å². The van der Waals surface area contributed by atoms with E-state index in [-0.39, 0.29) is 5.91 Å². The summed E-state index contributed by atoms with van der Waals surface area (Å²) in [5.41, 5.74) is 7.87. The van der Waals surface area contributed by atoms with Crippen LogP contribution in [0.2, 0.25) is 0 Å². The molecule has 1 saturated carbocycles. The molecule has 1 aliphatic carbocycles. The molecule has 0 aromatic heterocycles. The molecule has 1 fully saturated rings. The van der Waals surface area contributed by atoms with Crippen molar-refractivity contribution in [1.29, 1.82) is 0 Å². The summed E-state index contributed by atoms with van der Waals surface area (Å²) in [6.45, 7) is 2.82. The van der Waals surface area contributed by atoms with Crippen LogP contribution in [0.5, 0.6) is 0 Å². The third-order valence-corrected chi connectivity index (χ3v) is 3.54. The fourth-order valence-corrected chi connectivity index (χ4v) is 2.17. The second-order valence-corrected chi connectivity index (χ2v) is 5.38. The maximum Gasteiger partial charge on any atom is 0.242 e.